The molecule has 0 aromatic heterocycles. The van der Waals surface area contributed by atoms with Crippen LogP contribution in [0, 0.1) is 0 Å². The van der Waals surface area contributed by atoms with E-state index in [4.69, 9.17) is 5.73 Å². The molecule has 3 nitrogen and oxygen atoms in total. The summed E-state index contributed by atoms with van der Waals surface area (Å²) in [4.78, 5) is 12.1. The van der Waals surface area contributed by atoms with Crippen LogP contribution in [-0.2, 0) is 10.3 Å². The van der Waals surface area contributed by atoms with Gasteiger partial charge in [0.05, 0.1) is 0 Å². The summed E-state index contributed by atoms with van der Waals surface area (Å²) in [5, 5.41) is 3.52. The molecule has 116 valence electrons. The van der Waals surface area contributed by atoms with E-state index in [0.29, 0.717) is 12.0 Å². The zero-order valence-electron chi connectivity index (χ0n) is 13.5. The van der Waals surface area contributed by atoms with E-state index < -0.39 is 5.54 Å². The number of carbonyl (C=O) groups is 1. The van der Waals surface area contributed by atoms with Crippen molar-refractivity contribution in [1.82, 2.24) is 5.32 Å². The number of hydrogen-bond donors (Lipinski definition) is 2. The Balaban J connectivity index is 2.21. The molecule has 0 saturated heterocycles. The Bertz CT molecular complexity index is 474. The Morgan fingerprint density at radius 2 is 1.76 bits per heavy atom. The summed E-state index contributed by atoms with van der Waals surface area (Å²) in [6, 6.07) is 8.67. The fraction of sp³-hybridized carbons (Fsp3) is 0.611. The van der Waals surface area contributed by atoms with E-state index in [0.717, 1.165) is 18.4 Å². The van der Waals surface area contributed by atoms with E-state index in [1.54, 1.807) is 0 Å². The number of nitrogens with two attached hydrogens (primary N) is 1. The number of amides is 1. The average Bonchev–Trinajstić information content (AvgIpc) is 2.48. The number of hydrogen-bond acceptors (Lipinski definition) is 2. The third-order valence-electron chi connectivity index (χ3n) is 4.75. The fourth-order valence-corrected chi connectivity index (χ4v) is 3.15. The zero-order chi connectivity index (χ0) is 15.5. The second kappa shape index (κ2) is 6.61. The zero-order valence-corrected chi connectivity index (χ0v) is 13.5. The highest BCUT2D eigenvalue weighted by Crippen LogP contribution is 2.27. The Morgan fingerprint density at radius 1 is 1.19 bits per heavy atom. The smallest absolute Gasteiger partial charge is 0.242 e. The SMILES string of the molecule is CC(C)c1ccc(C(C)(NC2CCCCC2)C(N)=O)cc1. The predicted molar refractivity (Wildman–Crippen MR) is 87.1 cm³/mol. The molecule has 0 aliphatic heterocycles. The van der Waals surface area contributed by atoms with Gasteiger partial charge in [0.1, 0.15) is 5.54 Å². The van der Waals surface area contributed by atoms with Gasteiger partial charge in [0.2, 0.25) is 5.91 Å². The molecule has 3 N–H and O–H groups in total. The number of benzene rings is 1. The van der Waals surface area contributed by atoms with Crippen molar-refractivity contribution in [2.45, 2.75) is 70.4 Å². The Morgan fingerprint density at radius 3 is 2.24 bits per heavy atom. The van der Waals surface area contributed by atoms with Crippen molar-refractivity contribution in [2.75, 3.05) is 0 Å². The quantitative estimate of drug-likeness (QED) is 0.872. The molecule has 2 rings (SSSR count). The van der Waals surface area contributed by atoms with Crippen LogP contribution in [0.1, 0.15) is 69.9 Å². The van der Waals surface area contributed by atoms with Crippen molar-refractivity contribution >= 4 is 5.91 Å². The summed E-state index contributed by atoms with van der Waals surface area (Å²) < 4.78 is 0. The first-order chi connectivity index (χ1) is 9.93. The third-order valence-corrected chi connectivity index (χ3v) is 4.75. The maximum Gasteiger partial charge on any atom is 0.242 e. The number of primary amides is 1. The molecule has 1 unspecified atom stereocenters. The summed E-state index contributed by atoms with van der Waals surface area (Å²) in [5.41, 5.74) is 7.18. The van der Waals surface area contributed by atoms with Gasteiger partial charge in [-0.1, -0.05) is 57.4 Å². The van der Waals surface area contributed by atoms with E-state index in [-0.39, 0.29) is 5.91 Å². The second-order valence-corrected chi connectivity index (χ2v) is 6.75. The molecule has 1 aromatic carbocycles. The molecule has 0 radical (unpaired) electrons. The van der Waals surface area contributed by atoms with E-state index in [9.17, 15) is 4.79 Å². The normalized spacial score (nSPS) is 19.4. The molecular formula is C18H28N2O. The highest BCUT2D eigenvalue weighted by molar-refractivity contribution is 5.85. The second-order valence-electron chi connectivity index (χ2n) is 6.75. The lowest BCUT2D eigenvalue weighted by molar-refractivity contribution is -0.124. The van der Waals surface area contributed by atoms with Crippen LogP contribution >= 0.6 is 0 Å². The third kappa shape index (κ3) is 3.65. The molecule has 1 aliphatic rings. The van der Waals surface area contributed by atoms with Crippen LogP contribution in [0.3, 0.4) is 0 Å². The van der Waals surface area contributed by atoms with Crippen molar-refractivity contribution in [3.8, 4) is 0 Å². The van der Waals surface area contributed by atoms with Crippen molar-refractivity contribution < 1.29 is 4.79 Å². The fourth-order valence-electron chi connectivity index (χ4n) is 3.15. The summed E-state index contributed by atoms with van der Waals surface area (Å²) in [7, 11) is 0. The highest BCUT2D eigenvalue weighted by atomic mass is 16.1. The predicted octanol–water partition coefficient (Wildman–Crippen LogP) is 3.43. The van der Waals surface area contributed by atoms with Crippen LogP contribution in [-0.4, -0.2) is 11.9 Å². The van der Waals surface area contributed by atoms with Gasteiger partial charge < -0.3 is 5.73 Å². The molecule has 1 aromatic rings. The minimum absolute atomic E-state index is 0.301. The molecule has 0 heterocycles. The number of carbonyl (C=O) groups excluding carboxylic acids is 1. The van der Waals surface area contributed by atoms with Gasteiger partial charge in [-0.3, -0.25) is 10.1 Å². The molecule has 21 heavy (non-hydrogen) atoms. The van der Waals surface area contributed by atoms with Crippen LogP contribution in [0.4, 0.5) is 0 Å². The topological polar surface area (TPSA) is 55.1 Å². The first-order valence-corrected chi connectivity index (χ1v) is 8.11. The lowest BCUT2D eigenvalue weighted by Gasteiger charge is -2.35. The van der Waals surface area contributed by atoms with Crippen LogP contribution in [0.15, 0.2) is 24.3 Å². The van der Waals surface area contributed by atoms with Crippen molar-refractivity contribution in [2.24, 2.45) is 5.73 Å². The van der Waals surface area contributed by atoms with Gasteiger partial charge in [-0.15, -0.1) is 0 Å². The molecule has 3 heteroatoms. The first-order valence-electron chi connectivity index (χ1n) is 8.11. The molecule has 1 saturated carbocycles. The van der Waals surface area contributed by atoms with E-state index in [1.807, 2.05) is 19.1 Å². The standard InChI is InChI=1S/C18H28N2O/c1-13(2)14-9-11-15(12-10-14)18(3,17(19)21)20-16-7-5-4-6-8-16/h9-13,16,20H,4-8H2,1-3H3,(H2,19,21). The monoisotopic (exact) mass is 288 g/mol. The Kier molecular flexibility index (Phi) is 5.04. The lowest BCUT2D eigenvalue weighted by atomic mass is 9.86. The molecule has 1 atom stereocenters. The van der Waals surface area contributed by atoms with Gasteiger partial charge in [0, 0.05) is 6.04 Å². The largest absolute Gasteiger partial charge is 0.368 e. The van der Waals surface area contributed by atoms with Crippen LogP contribution in [0.5, 0.6) is 0 Å². The summed E-state index contributed by atoms with van der Waals surface area (Å²) in [6.45, 7) is 6.25. The van der Waals surface area contributed by atoms with Crippen LogP contribution in [0.2, 0.25) is 0 Å². The van der Waals surface area contributed by atoms with Gasteiger partial charge >= 0.3 is 0 Å². The van der Waals surface area contributed by atoms with Crippen LogP contribution in [0.25, 0.3) is 0 Å². The molecule has 1 aliphatic carbocycles. The molecule has 0 spiro atoms. The summed E-state index contributed by atoms with van der Waals surface area (Å²) >= 11 is 0. The van der Waals surface area contributed by atoms with Gasteiger partial charge in [-0.05, 0) is 36.8 Å². The van der Waals surface area contributed by atoms with Crippen molar-refractivity contribution in [1.29, 1.82) is 0 Å². The summed E-state index contributed by atoms with van der Waals surface area (Å²) in [6.07, 6.45) is 6.03. The Hall–Kier alpha value is -1.35. The molecule has 0 bridgehead atoms. The number of nitrogens with one attached hydrogen (secondary N) is 1. The maximum absolute atomic E-state index is 12.1. The van der Waals surface area contributed by atoms with E-state index >= 15 is 0 Å². The van der Waals surface area contributed by atoms with Gasteiger partial charge in [-0.25, -0.2) is 0 Å². The van der Waals surface area contributed by atoms with Crippen molar-refractivity contribution in [3.63, 3.8) is 0 Å². The molecule has 1 fully saturated rings. The maximum atomic E-state index is 12.1. The molecule has 1 amide bonds. The van der Waals surface area contributed by atoms with Gasteiger partial charge in [-0.2, -0.15) is 0 Å². The lowest BCUT2D eigenvalue weighted by Crippen LogP contribution is -2.54. The highest BCUT2D eigenvalue weighted by Gasteiger charge is 2.35. The minimum Gasteiger partial charge on any atom is -0.368 e. The first kappa shape index (κ1) is 16.0. The van der Waals surface area contributed by atoms with Crippen molar-refractivity contribution in [3.05, 3.63) is 35.4 Å². The average molecular weight is 288 g/mol. The van der Waals surface area contributed by atoms with Gasteiger partial charge in [0.25, 0.3) is 0 Å². The van der Waals surface area contributed by atoms with E-state index in [1.165, 1.54) is 24.8 Å². The summed E-state index contributed by atoms with van der Waals surface area (Å²) in [5.74, 6) is 0.190. The van der Waals surface area contributed by atoms with Gasteiger partial charge in [0.15, 0.2) is 0 Å². The Labute approximate surface area is 128 Å². The minimum atomic E-state index is -0.780. The molecular weight excluding hydrogens is 260 g/mol. The van der Waals surface area contributed by atoms with E-state index in [2.05, 4.69) is 31.3 Å². The number of rotatable bonds is 5. The van der Waals surface area contributed by atoms with Crippen LogP contribution < -0.4 is 11.1 Å².